The van der Waals surface area contributed by atoms with Crippen LogP contribution in [0.25, 0.3) is 0 Å². The first-order chi connectivity index (χ1) is 9.15. The number of nitrogens with one attached hydrogen (secondary N) is 1. The highest BCUT2D eigenvalue weighted by atomic mass is 35.5. The third-order valence-electron chi connectivity index (χ3n) is 2.60. The summed E-state index contributed by atoms with van der Waals surface area (Å²) in [6.07, 6.45) is 2.43. The summed E-state index contributed by atoms with van der Waals surface area (Å²) in [4.78, 5) is 15.6. The molecule has 0 saturated heterocycles. The molecule has 0 radical (unpaired) electrons. The average molecular weight is 277 g/mol. The Balaban J connectivity index is 1.88. The van der Waals surface area contributed by atoms with Crippen molar-refractivity contribution in [2.75, 3.05) is 5.32 Å². The van der Waals surface area contributed by atoms with Crippen LogP contribution < -0.4 is 5.32 Å². The van der Waals surface area contributed by atoms with Gasteiger partial charge in [-0.2, -0.15) is 0 Å². The number of halogens is 1. The number of nitrogens with zero attached hydrogens (tertiary/aromatic N) is 1. The predicted molar refractivity (Wildman–Crippen MR) is 74.3 cm³/mol. The van der Waals surface area contributed by atoms with Gasteiger partial charge in [-0.3, -0.25) is 4.79 Å². The van der Waals surface area contributed by atoms with Crippen molar-refractivity contribution in [1.29, 1.82) is 0 Å². The Morgan fingerprint density at radius 1 is 1.26 bits per heavy atom. The van der Waals surface area contributed by atoms with Gasteiger partial charge in [-0.1, -0.05) is 23.7 Å². The molecule has 1 heterocycles. The van der Waals surface area contributed by atoms with Gasteiger partial charge in [-0.15, -0.1) is 0 Å². The summed E-state index contributed by atoms with van der Waals surface area (Å²) in [6, 6.07) is 10.4. The number of amides is 1. The van der Waals surface area contributed by atoms with E-state index in [2.05, 4.69) is 10.3 Å². The molecule has 0 atom stereocenters. The quantitative estimate of drug-likeness (QED) is 0.902. The van der Waals surface area contributed by atoms with Crippen LogP contribution in [0.1, 0.15) is 12.0 Å². The number of anilines is 1. The highest BCUT2D eigenvalue weighted by molar-refractivity contribution is 6.30. The largest absolute Gasteiger partial charge is 0.504 e. The van der Waals surface area contributed by atoms with E-state index in [9.17, 15) is 9.90 Å². The number of carbonyl (C=O) groups is 1. The molecule has 19 heavy (non-hydrogen) atoms. The van der Waals surface area contributed by atoms with Crippen molar-refractivity contribution in [2.45, 2.75) is 12.8 Å². The second kappa shape index (κ2) is 6.20. The van der Waals surface area contributed by atoms with Crippen molar-refractivity contribution < 1.29 is 9.90 Å². The number of pyridine rings is 1. The molecule has 0 aliphatic heterocycles. The van der Waals surface area contributed by atoms with Gasteiger partial charge in [0.15, 0.2) is 11.6 Å². The fraction of sp³-hybridized carbons (Fsp3) is 0.143. The van der Waals surface area contributed by atoms with E-state index in [4.69, 9.17) is 11.6 Å². The van der Waals surface area contributed by atoms with E-state index in [-0.39, 0.29) is 17.5 Å². The van der Waals surface area contributed by atoms with Gasteiger partial charge in [0.25, 0.3) is 0 Å². The summed E-state index contributed by atoms with van der Waals surface area (Å²) in [5, 5.41) is 12.7. The summed E-state index contributed by atoms with van der Waals surface area (Å²) in [6.45, 7) is 0. The molecule has 0 saturated carbocycles. The maximum absolute atomic E-state index is 11.7. The van der Waals surface area contributed by atoms with E-state index in [0.717, 1.165) is 5.56 Å². The Morgan fingerprint density at radius 3 is 2.68 bits per heavy atom. The minimum Gasteiger partial charge on any atom is -0.504 e. The standard InChI is InChI=1S/C14H13ClN2O2/c15-11-6-3-10(4-7-11)5-8-13(19)17-14-12(18)2-1-9-16-14/h1-4,6-7,9,18H,5,8H2,(H,16,17,19). The van der Waals surface area contributed by atoms with Gasteiger partial charge in [0.05, 0.1) is 0 Å². The Kier molecular flexibility index (Phi) is 4.36. The van der Waals surface area contributed by atoms with Gasteiger partial charge >= 0.3 is 0 Å². The second-order valence-corrected chi connectivity index (χ2v) is 4.48. The van der Waals surface area contributed by atoms with Crippen LogP contribution in [0.2, 0.25) is 5.02 Å². The van der Waals surface area contributed by atoms with E-state index in [1.807, 2.05) is 12.1 Å². The van der Waals surface area contributed by atoms with Gasteiger partial charge in [0, 0.05) is 17.6 Å². The van der Waals surface area contributed by atoms with E-state index < -0.39 is 0 Å². The predicted octanol–water partition coefficient (Wildman–Crippen LogP) is 3.01. The topological polar surface area (TPSA) is 62.2 Å². The van der Waals surface area contributed by atoms with Crippen LogP contribution in [0.5, 0.6) is 5.75 Å². The minimum atomic E-state index is -0.191. The number of rotatable bonds is 4. The van der Waals surface area contributed by atoms with Crippen molar-refractivity contribution in [3.63, 3.8) is 0 Å². The molecular formula is C14H13ClN2O2. The molecule has 0 unspecified atom stereocenters. The molecule has 0 aliphatic rings. The molecule has 0 fully saturated rings. The van der Waals surface area contributed by atoms with Crippen LogP contribution in [0.15, 0.2) is 42.6 Å². The van der Waals surface area contributed by atoms with E-state index in [0.29, 0.717) is 17.9 Å². The molecule has 1 aromatic heterocycles. The van der Waals surface area contributed by atoms with Crippen molar-refractivity contribution in [3.8, 4) is 5.75 Å². The summed E-state index contributed by atoms with van der Waals surface area (Å²) in [7, 11) is 0. The van der Waals surface area contributed by atoms with Gasteiger partial charge in [-0.05, 0) is 36.2 Å². The number of benzene rings is 1. The molecule has 4 nitrogen and oxygen atoms in total. The van der Waals surface area contributed by atoms with E-state index in [1.54, 1.807) is 18.2 Å². The van der Waals surface area contributed by atoms with Crippen molar-refractivity contribution in [1.82, 2.24) is 4.98 Å². The Morgan fingerprint density at radius 2 is 2.00 bits per heavy atom. The van der Waals surface area contributed by atoms with Gasteiger partial charge in [0.2, 0.25) is 5.91 Å². The summed E-state index contributed by atoms with van der Waals surface area (Å²) < 4.78 is 0. The van der Waals surface area contributed by atoms with Gasteiger partial charge < -0.3 is 10.4 Å². The van der Waals surface area contributed by atoms with Crippen LogP contribution in [0.4, 0.5) is 5.82 Å². The monoisotopic (exact) mass is 276 g/mol. The van der Waals surface area contributed by atoms with Crippen molar-refractivity contribution in [2.24, 2.45) is 0 Å². The number of aromatic nitrogens is 1. The lowest BCUT2D eigenvalue weighted by molar-refractivity contribution is -0.116. The van der Waals surface area contributed by atoms with Crippen LogP contribution >= 0.6 is 11.6 Å². The number of aryl methyl sites for hydroxylation is 1. The number of carbonyl (C=O) groups excluding carboxylic acids is 1. The zero-order valence-electron chi connectivity index (χ0n) is 10.1. The maximum Gasteiger partial charge on any atom is 0.225 e. The van der Waals surface area contributed by atoms with Crippen LogP contribution in [-0.4, -0.2) is 16.0 Å². The maximum atomic E-state index is 11.7. The Hall–Kier alpha value is -2.07. The third-order valence-corrected chi connectivity index (χ3v) is 2.85. The average Bonchev–Trinajstić information content (AvgIpc) is 2.41. The van der Waals surface area contributed by atoms with Crippen LogP contribution in [0.3, 0.4) is 0 Å². The summed E-state index contributed by atoms with van der Waals surface area (Å²) in [5.74, 6) is -0.0464. The molecule has 2 N–H and O–H groups in total. The molecule has 1 amide bonds. The number of hydrogen-bond donors (Lipinski definition) is 2. The van der Waals surface area contributed by atoms with E-state index in [1.165, 1.54) is 12.3 Å². The van der Waals surface area contributed by atoms with E-state index >= 15 is 0 Å². The zero-order chi connectivity index (χ0) is 13.7. The third kappa shape index (κ3) is 3.96. The Bertz CT molecular complexity index is 570. The lowest BCUT2D eigenvalue weighted by atomic mass is 10.1. The first kappa shape index (κ1) is 13.4. The van der Waals surface area contributed by atoms with Gasteiger partial charge in [-0.25, -0.2) is 4.98 Å². The molecule has 2 rings (SSSR count). The fourth-order valence-corrected chi connectivity index (χ4v) is 1.72. The molecule has 5 heteroatoms. The highest BCUT2D eigenvalue weighted by Crippen LogP contribution is 2.18. The second-order valence-electron chi connectivity index (χ2n) is 4.05. The number of aromatic hydroxyl groups is 1. The van der Waals surface area contributed by atoms with Gasteiger partial charge in [0.1, 0.15) is 0 Å². The highest BCUT2D eigenvalue weighted by Gasteiger charge is 2.07. The Labute approximate surface area is 116 Å². The first-order valence-corrected chi connectivity index (χ1v) is 6.21. The number of hydrogen-bond acceptors (Lipinski definition) is 3. The van der Waals surface area contributed by atoms with Crippen molar-refractivity contribution >= 4 is 23.3 Å². The van der Waals surface area contributed by atoms with Crippen LogP contribution in [0, 0.1) is 0 Å². The summed E-state index contributed by atoms with van der Waals surface area (Å²) in [5.41, 5.74) is 1.03. The molecule has 0 aliphatic carbocycles. The molecule has 0 spiro atoms. The molecule has 98 valence electrons. The zero-order valence-corrected chi connectivity index (χ0v) is 10.9. The molecule has 0 bridgehead atoms. The lowest BCUT2D eigenvalue weighted by Crippen LogP contribution is -2.13. The molecule has 2 aromatic rings. The molecule has 1 aromatic carbocycles. The normalized spacial score (nSPS) is 10.2. The first-order valence-electron chi connectivity index (χ1n) is 5.83. The molecular weight excluding hydrogens is 264 g/mol. The smallest absolute Gasteiger partial charge is 0.225 e. The lowest BCUT2D eigenvalue weighted by Gasteiger charge is -2.06. The SMILES string of the molecule is O=C(CCc1ccc(Cl)cc1)Nc1ncccc1O. The summed E-state index contributed by atoms with van der Waals surface area (Å²) >= 11 is 5.78. The van der Waals surface area contributed by atoms with Crippen LogP contribution in [-0.2, 0) is 11.2 Å². The fourth-order valence-electron chi connectivity index (χ4n) is 1.60. The minimum absolute atomic E-state index is 0.0395. The van der Waals surface area contributed by atoms with Crippen molar-refractivity contribution in [3.05, 3.63) is 53.2 Å².